The van der Waals surface area contributed by atoms with Crippen molar-refractivity contribution in [2.75, 3.05) is 26.2 Å². The van der Waals surface area contributed by atoms with Crippen LogP contribution in [0.25, 0.3) is 0 Å². The molecule has 0 aromatic carbocycles. The van der Waals surface area contributed by atoms with Gasteiger partial charge < -0.3 is 5.32 Å². The zero-order valence-corrected chi connectivity index (χ0v) is 10.4. The number of hydrogen-bond donors (Lipinski definition) is 1. The Balaban J connectivity index is 1.77. The van der Waals surface area contributed by atoms with Gasteiger partial charge in [-0.05, 0) is 31.1 Å². The molecule has 0 spiro atoms. The van der Waals surface area contributed by atoms with E-state index in [0.29, 0.717) is 0 Å². The summed E-state index contributed by atoms with van der Waals surface area (Å²) in [6.45, 7) is 9.77. The van der Waals surface area contributed by atoms with Crippen molar-refractivity contribution in [1.82, 2.24) is 10.2 Å². The first kappa shape index (κ1) is 11.4. The normalized spacial score (nSPS) is 30.4. The Kier molecular flexibility index (Phi) is 3.68. The van der Waals surface area contributed by atoms with Gasteiger partial charge in [-0.2, -0.15) is 0 Å². The molecule has 0 aromatic rings. The average molecular weight is 210 g/mol. The third-order valence-corrected chi connectivity index (χ3v) is 4.24. The zero-order valence-electron chi connectivity index (χ0n) is 10.4. The minimum atomic E-state index is 0.730. The third kappa shape index (κ3) is 2.94. The SMILES string of the molecule is CCCC1CN(CC2(CC)CC2)CCN1. The van der Waals surface area contributed by atoms with Crippen LogP contribution in [-0.4, -0.2) is 37.1 Å². The van der Waals surface area contributed by atoms with E-state index in [1.807, 2.05) is 0 Å². The van der Waals surface area contributed by atoms with Crippen LogP contribution in [0, 0.1) is 5.41 Å². The van der Waals surface area contributed by atoms with Crippen molar-refractivity contribution in [3.05, 3.63) is 0 Å². The van der Waals surface area contributed by atoms with E-state index >= 15 is 0 Å². The highest BCUT2D eigenvalue weighted by Gasteiger charge is 2.42. The first-order valence-electron chi connectivity index (χ1n) is 6.74. The van der Waals surface area contributed by atoms with E-state index in [-0.39, 0.29) is 0 Å². The molecule has 1 N–H and O–H groups in total. The molecule has 2 fully saturated rings. The highest BCUT2D eigenvalue weighted by atomic mass is 15.2. The minimum absolute atomic E-state index is 0.730. The van der Waals surface area contributed by atoms with Crippen molar-refractivity contribution in [2.24, 2.45) is 5.41 Å². The Morgan fingerprint density at radius 1 is 1.33 bits per heavy atom. The van der Waals surface area contributed by atoms with E-state index in [1.54, 1.807) is 0 Å². The molecule has 88 valence electrons. The molecule has 1 atom stereocenters. The summed E-state index contributed by atoms with van der Waals surface area (Å²) >= 11 is 0. The van der Waals surface area contributed by atoms with E-state index < -0.39 is 0 Å². The number of nitrogens with zero attached hydrogens (tertiary/aromatic N) is 1. The van der Waals surface area contributed by atoms with Crippen molar-refractivity contribution in [2.45, 2.75) is 52.0 Å². The summed E-state index contributed by atoms with van der Waals surface area (Å²) in [5.74, 6) is 0. The van der Waals surface area contributed by atoms with Gasteiger partial charge in [0.2, 0.25) is 0 Å². The lowest BCUT2D eigenvalue weighted by atomic mass is 10.0. The Hall–Kier alpha value is -0.0800. The second-order valence-corrected chi connectivity index (χ2v) is 5.53. The predicted molar refractivity (Wildman–Crippen MR) is 65.1 cm³/mol. The molecule has 2 aliphatic rings. The Morgan fingerprint density at radius 3 is 2.73 bits per heavy atom. The van der Waals surface area contributed by atoms with E-state index in [1.165, 1.54) is 58.3 Å². The van der Waals surface area contributed by atoms with Crippen molar-refractivity contribution in [1.29, 1.82) is 0 Å². The van der Waals surface area contributed by atoms with Crippen molar-refractivity contribution in [3.8, 4) is 0 Å². The third-order valence-electron chi connectivity index (χ3n) is 4.24. The minimum Gasteiger partial charge on any atom is -0.311 e. The van der Waals surface area contributed by atoms with Gasteiger partial charge in [-0.25, -0.2) is 0 Å². The quantitative estimate of drug-likeness (QED) is 0.749. The van der Waals surface area contributed by atoms with E-state index in [2.05, 4.69) is 24.1 Å². The second-order valence-electron chi connectivity index (χ2n) is 5.53. The van der Waals surface area contributed by atoms with Crippen molar-refractivity contribution in [3.63, 3.8) is 0 Å². The summed E-state index contributed by atoms with van der Waals surface area (Å²) in [5, 5.41) is 3.63. The number of hydrogen-bond acceptors (Lipinski definition) is 2. The topological polar surface area (TPSA) is 15.3 Å². The van der Waals surface area contributed by atoms with Gasteiger partial charge in [0.15, 0.2) is 0 Å². The summed E-state index contributed by atoms with van der Waals surface area (Å²) in [6, 6.07) is 0.761. The first-order chi connectivity index (χ1) is 7.28. The van der Waals surface area contributed by atoms with Crippen LogP contribution < -0.4 is 5.32 Å². The summed E-state index contributed by atoms with van der Waals surface area (Å²) < 4.78 is 0. The lowest BCUT2D eigenvalue weighted by Gasteiger charge is -2.35. The van der Waals surface area contributed by atoms with Gasteiger partial charge in [-0.1, -0.05) is 20.3 Å². The summed E-state index contributed by atoms with van der Waals surface area (Å²) in [6.07, 6.45) is 6.99. The van der Waals surface area contributed by atoms with Gasteiger partial charge in [0.1, 0.15) is 0 Å². The molecule has 1 aliphatic heterocycles. The monoisotopic (exact) mass is 210 g/mol. The maximum absolute atomic E-state index is 3.63. The number of rotatable bonds is 5. The van der Waals surface area contributed by atoms with Crippen LogP contribution >= 0.6 is 0 Å². The number of nitrogens with one attached hydrogen (secondary N) is 1. The summed E-state index contributed by atoms with van der Waals surface area (Å²) in [5.41, 5.74) is 0.730. The smallest absolute Gasteiger partial charge is 0.0195 e. The molecule has 1 aliphatic carbocycles. The van der Waals surface area contributed by atoms with E-state index in [0.717, 1.165) is 11.5 Å². The maximum atomic E-state index is 3.63. The van der Waals surface area contributed by atoms with Gasteiger partial charge in [0.25, 0.3) is 0 Å². The second kappa shape index (κ2) is 4.84. The molecule has 2 nitrogen and oxygen atoms in total. The lowest BCUT2D eigenvalue weighted by molar-refractivity contribution is 0.159. The van der Waals surface area contributed by atoms with Crippen LogP contribution in [0.3, 0.4) is 0 Å². The molecule has 2 heteroatoms. The first-order valence-corrected chi connectivity index (χ1v) is 6.74. The summed E-state index contributed by atoms with van der Waals surface area (Å²) in [7, 11) is 0. The highest BCUT2D eigenvalue weighted by molar-refractivity contribution is 4.95. The lowest BCUT2D eigenvalue weighted by Crippen LogP contribution is -2.51. The van der Waals surface area contributed by atoms with Crippen molar-refractivity contribution < 1.29 is 0 Å². The number of piperazine rings is 1. The zero-order chi connectivity index (χ0) is 10.7. The van der Waals surface area contributed by atoms with Crippen LogP contribution in [0.1, 0.15) is 46.0 Å². The van der Waals surface area contributed by atoms with Crippen LogP contribution in [0.15, 0.2) is 0 Å². The molecule has 0 aromatic heterocycles. The van der Waals surface area contributed by atoms with Gasteiger partial charge in [-0.15, -0.1) is 0 Å². The molecule has 2 rings (SSSR count). The molecular formula is C13H26N2. The molecule has 0 radical (unpaired) electrons. The fourth-order valence-electron chi connectivity index (χ4n) is 2.85. The van der Waals surface area contributed by atoms with Crippen LogP contribution in [-0.2, 0) is 0 Å². The molecule has 1 unspecified atom stereocenters. The average Bonchev–Trinajstić information content (AvgIpc) is 3.00. The Bertz CT molecular complexity index is 197. The molecule has 15 heavy (non-hydrogen) atoms. The predicted octanol–water partition coefficient (Wildman–Crippen LogP) is 2.25. The highest BCUT2D eigenvalue weighted by Crippen LogP contribution is 2.49. The van der Waals surface area contributed by atoms with Crippen molar-refractivity contribution >= 4 is 0 Å². The van der Waals surface area contributed by atoms with Gasteiger partial charge in [0, 0.05) is 32.2 Å². The largest absolute Gasteiger partial charge is 0.311 e. The van der Waals surface area contributed by atoms with Crippen LogP contribution in [0.4, 0.5) is 0 Å². The van der Waals surface area contributed by atoms with Gasteiger partial charge in [0.05, 0.1) is 0 Å². The Labute approximate surface area is 94.4 Å². The fourth-order valence-corrected chi connectivity index (χ4v) is 2.85. The molecule has 1 saturated heterocycles. The van der Waals surface area contributed by atoms with Gasteiger partial charge in [-0.3, -0.25) is 4.90 Å². The molecular weight excluding hydrogens is 184 g/mol. The summed E-state index contributed by atoms with van der Waals surface area (Å²) in [4.78, 5) is 2.70. The molecule has 0 bridgehead atoms. The molecule has 1 saturated carbocycles. The van der Waals surface area contributed by atoms with E-state index in [4.69, 9.17) is 0 Å². The fraction of sp³-hybridized carbons (Fsp3) is 1.00. The maximum Gasteiger partial charge on any atom is 0.0195 e. The van der Waals surface area contributed by atoms with Crippen LogP contribution in [0.5, 0.6) is 0 Å². The standard InChI is InChI=1S/C13H26N2/c1-3-5-12-10-15(9-8-14-12)11-13(4-2)6-7-13/h12,14H,3-11H2,1-2H3. The Morgan fingerprint density at radius 2 is 2.13 bits per heavy atom. The van der Waals surface area contributed by atoms with Gasteiger partial charge >= 0.3 is 0 Å². The van der Waals surface area contributed by atoms with E-state index in [9.17, 15) is 0 Å². The van der Waals surface area contributed by atoms with Crippen LogP contribution in [0.2, 0.25) is 0 Å². The molecule has 1 heterocycles. The molecule has 0 amide bonds.